The van der Waals surface area contributed by atoms with Crippen LogP contribution in [0.1, 0.15) is 23.4 Å². The lowest BCUT2D eigenvalue weighted by Crippen LogP contribution is -2.21. The van der Waals surface area contributed by atoms with Gasteiger partial charge in [0.05, 0.1) is 10.7 Å². The second kappa shape index (κ2) is 7.92. The molecule has 0 atom stereocenters. The number of hydrogen-bond donors (Lipinski definition) is 1. The first-order valence-corrected chi connectivity index (χ1v) is 7.57. The van der Waals surface area contributed by atoms with Crippen molar-refractivity contribution < 1.29 is 23.2 Å². The Hall–Kier alpha value is -2.41. The molecule has 24 heavy (non-hydrogen) atoms. The molecule has 0 bridgehead atoms. The number of aryl methyl sites for hydroxylation is 2. The fourth-order valence-corrected chi connectivity index (χ4v) is 2.26. The molecule has 0 unspecified atom stereocenters. The molecule has 6 nitrogen and oxygen atoms in total. The minimum absolute atomic E-state index is 0.107. The molecule has 0 aliphatic rings. The number of aromatic nitrogens is 1. The molecule has 0 radical (unpaired) electrons. The Bertz CT molecular complexity index is 741. The number of hydrogen-bond acceptors (Lipinski definition) is 5. The van der Waals surface area contributed by atoms with Crippen molar-refractivity contribution in [1.82, 2.24) is 5.16 Å². The third-order valence-electron chi connectivity index (χ3n) is 3.33. The number of carbonyl (C=O) groups is 2. The van der Waals surface area contributed by atoms with Crippen LogP contribution in [-0.4, -0.2) is 23.6 Å². The van der Waals surface area contributed by atoms with Gasteiger partial charge >= 0.3 is 5.97 Å². The fourth-order valence-electron chi connectivity index (χ4n) is 2.08. The number of ether oxygens (including phenoxy) is 1. The van der Waals surface area contributed by atoms with E-state index in [9.17, 15) is 14.0 Å². The molecule has 1 aromatic carbocycles. The largest absolute Gasteiger partial charge is 0.456 e. The van der Waals surface area contributed by atoms with Gasteiger partial charge in [-0.05, 0) is 38.5 Å². The molecular weight excluding hydrogens is 339 g/mol. The third-order valence-corrected chi connectivity index (χ3v) is 3.62. The normalized spacial score (nSPS) is 10.5. The van der Waals surface area contributed by atoms with Crippen LogP contribution in [0, 0.1) is 19.7 Å². The zero-order chi connectivity index (χ0) is 17.7. The van der Waals surface area contributed by atoms with Gasteiger partial charge in [0.15, 0.2) is 6.61 Å². The Morgan fingerprint density at radius 3 is 2.75 bits per heavy atom. The molecule has 1 amide bonds. The van der Waals surface area contributed by atoms with Crippen LogP contribution in [0.25, 0.3) is 0 Å². The first kappa shape index (κ1) is 17.9. The van der Waals surface area contributed by atoms with Crippen molar-refractivity contribution >= 4 is 29.2 Å². The summed E-state index contributed by atoms with van der Waals surface area (Å²) in [6.45, 7) is 3.12. The van der Waals surface area contributed by atoms with E-state index in [2.05, 4.69) is 10.5 Å². The van der Waals surface area contributed by atoms with Gasteiger partial charge in [-0.3, -0.25) is 9.59 Å². The quantitative estimate of drug-likeness (QED) is 0.805. The topological polar surface area (TPSA) is 81.4 Å². The molecular formula is C16H16ClFN2O4. The van der Waals surface area contributed by atoms with Crippen molar-refractivity contribution in [2.24, 2.45) is 0 Å². The van der Waals surface area contributed by atoms with E-state index in [1.165, 1.54) is 12.1 Å². The zero-order valence-corrected chi connectivity index (χ0v) is 13.9. The Morgan fingerprint density at radius 1 is 1.38 bits per heavy atom. The second-order valence-electron chi connectivity index (χ2n) is 5.14. The van der Waals surface area contributed by atoms with Crippen LogP contribution < -0.4 is 5.32 Å². The average molecular weight is 355 g/mol. The highest BCUT2D eigenvalue weighted by atomic mass is 35.5. The Balaban J connectivity index is 1.76. The van der Waals surface area contributed by atoms with E-state index >= 15 is 0 Å². The van der Waals surface area contributed by atoms with Crippen LogP contribution in [0.4, 0.5) is 10.1 Å². The Kier molecular flexibility index (Phi) is 5.92. The maximum absolute atomic E-state index is 13.0. The van der Waals surface area contributed by atoms with Crippen molar-refractivity contribution in [3.63, 3.8) is 0 Å². The smallest absolute Gasteiger partial charge is 0.306 e. The van der Waals surface area contributed by atoms with Crippen molar-refractivity contribution in [1.29, 1.82) is 0 Å². The highest BCUT2D eigenvalue weighted by Gasteiger charge is 2.13. The molecule has 128 valence electrons. The Morgan fingerprint density at radius 2 is 2.12 bits per heavy atom. The van der Waals surface area contributed by atoms with Gasteiger partial charge in [0.25, 0.3) is 5.91 Å². The second-order valence-corrected chi connectivity index (χ2v) is 5.55. The number of nitrogens with zero attached hydrogens (tertiary/aromatic N) is 1. The number of benzene rings is 1. The van der Waals surface area contributed by atoms with Crippen LogP contribution in [0.2, 0.25) is 5.02 Å². The molecule has 1 N–H and O–H groups in total. The van der Waals surface area contributed by atoms with Crippen molar-refractivity contribution in [3.05, 3.63) is 46.1 Å². The molecule has 1 heterocycles. The first-order chi connectivity index (χ1) is 11.4. The summed E-state index contributed by atoms with van der Waals surface area (Å²) in [7, 11) is 0. The van der Waals surface area contributed by atoms with E-state index in [0.29, 0.717) is 17.9 Å². The lowest BCUT2D eigenvalue weighted by atomic mass is 10.1. The van der Waals surface area contributed by atoms with E-state index in [-0.39, 0.29) is 11.4 Å². The van der Waals surface area contributed by atoms with Gasteiger partial charge in [-0.2, -0.15) is 0 Å². The number of nitrogens with one attached hydrogen (secondary N) is 1. The van der Waals surface area contributed by atoms with Gasteiger partial charge < -0.3 is 14.6 Å². The van der Waals surface area contributed by atoms with Crippen LogP contribution in [-0.2, 0) is 20.7 Å². The van der Waals surface area contributed by atoms with Gasteiger partial charge in [0, 0.05) is 17.7 Å². The number of halogens is 2. The SMILES string of the molecule is Cc1noc(C)c1CCC(=O)OCC(=O)Nc1ccc(F)c(Cl)c1. The van der Waals surface area contributed by atoms with Crippen LogP contribution in [0.5, 0.6) is 0 Å². The van der Waals surface area contributed by atoms with Crippen molar-refractivity contribution in [3.8, 4) is 0 Å². The van der Waals surface area contributed by atoms with Crippen LogP contribution in [0.15, 0.2) is 22.7 Å². The molecule has 0 spiro atoms. The van der Waals surface area contributed by atoms with Gasteiger partial charge in [0.1, 0.15) is 11.6 Å². The molecule has 2 rings (SSSR count). The summed E-state index contributed by atoms with van der Waals surface area (Å²) < 4.78 is 22.9. The zero-order valence-electron chi connectivity index (χ0n) is 13.2. The number of carbonyl (C=O) groups excluding carboxylic acids is 2. The highest BCUT2D eigenvalue weighted by molar-refractivity contribution is 6.31. The maximum atomic E-state index is 13.0. The molecule has 0 saturated heterocycles. The van der Waals surface area contributed by atoms with Crippen molar-refractivity contribution in [2.45, 2.75) is 26.7 Å². The minimum atomic E-state index is -0.583. The van der Waals surface area contributed by atoms with E-state index in [0.717, 1.165) is 17.3 Å². The molecule has 2 aromatic rings. The first-order valence-electron chi connectivity index (χ1n) is 7.19. The molecule has 1 aromatic heterocycles. The van der Waals surface area contributed by atoms with Gasteiger partial charge in [0.2, 0.25) is 0 Å². The lowest BCUT2D eigenvalue weighted by molar-refractivity contribution is -0.147. The predicted octanol–water partition coefficient (Wildman–Crippen LogP) is 3.20. The molecule has 0 saturated carbocycles. The van der Waals surface area contributed by atoms with Crippen molar-refractivity contribution in [2.75, 3.05) is 11.9 Å². The summed E-state index contributed by atoms with van der Waals surface area (Å²) in [6.07, 6.45) is 0.535. The lowest BCUT2D eigenvalue weighted by Gasteiger charge is -2.07. The number of amides is 1. The standard InChI is InChI=1S/C16H16ClFN2O4/c1-9-12(10(2)24-20-9)4-6-16(22)23-8-15(21)19-11-3-5-14(18)13(17)7-11/h3,5,7H,4,6,8H2,1-2H3,(H,19,21). The van der Waals surface area contributed by atoms with E-state index < -0.39 is 24.3 Å². The van der Waals surface area contributed by atoms with Crippen LogP contribution in [0.3, 0.4) is 0 Å². The fraction of sp³-hybridized carbons (Fsp3) is 0.312. The van der Waals surface area contributed by atoms with E-state index in [1.807, 2.05) is 0 Å². The number of rotatable bonds is 6. The molecule has 0 aliphatic heterocycles. The summed E-state index contributed by atoms with van der Waals surface area (Å²) >= 11 is 5.62. The summed E-state index contributed by atoms with van der Waals surface area (Å²) in [5, 5.41) is 6.15. The summed E-state index contributed by atoms with van der Waals surface area (Å²) in [6, 6.07) is 3.76. The minimum Gasteiger partial charge on any atom is -0.456 e. The third kappa shape index (κ3) is 4.79. The summed E-state index contributed by atoms with van der Waals surface area (Å²) in [5.41, 5.74) is 1.90. The molecule has 8 heteroatoms. The van der Waals surface area contributed by atoms with Gasteiger partial charge in [-0.25, -0.2) is 4.39 Å². The van der Waals surface area contributed by atoms with Gasteiger partial charge in [-0.15, -0.1) is 0 Å². The summed E-state index contributed by atoms with van der Waals surface area (Å²) in [5.74, 6) is -0.975. The van der Waals surface area contributed by atoms with Crippen LogP contribution >= 0.6 is 11.6 Å². The predicted molar refractivity (Wildman–Crippen MR) is 85.3 cm³/mol. The summed E-state index contributed by atoms with van der Waals surface area (Å²) in [4.78, 5) is 23.4. The molecule has 0 fully saturated rings. The number of anilines is 1. The average Bonchev–Trinajstić information content (AvgIpc) is 2.85. The highest BCUT2D eigenvalue weighted by Crippen LogP contribution is 2.19. The Labute approximate surface area is 142 Å². The van der Waals surface area contributed by atoms with E-state index in [4.69, 9.17) is 20.9 Å². The number of esters is 1. The molecule has 0 aliphatic carbocycles. The maximum Gasteiger partial charge on any atom is 0.306 e. The van der Waals surface area contributed by atoms with Gasteiger partial charge in [-0.1, -0.05) is 16.8 Å². The van der Waals surface area contributed by atoms with E-state index in [1.54, 1.807) is 13.8 Å². The monoisotopic (exact) mass is 354 g/mol.